The van der Waals surface area contributed by atoms with Crippen molar-refractivity contribution in [1.82, 2.24) is 5.32 Å². The van der Waals surface area contributed by atoms with Crippen molar-refractivity contribution in [3.05, 3.63) is 30.1 Å². The van der Waals surface area contributed by atoms with Crippen LogP contribution in [0.15, 0.2) is 24.3 Å². The van der Waals surface area contributed by atoms with E-state index in [4.69, 9.17) is 10.00 Å². The van der Waals surface area contributed by atoms with E-state index in [9.17, 15) is 9.18 Å². The van der Waals surface area contributed by atoms with Gasteiger partial charge in [-0.25, -0.2) is 4.39 Å². The molecule has 0 saturated heterocycles. The monoisotopic (exact) mass is 236 g/mol. The Labute approximate surface area is 99.0 Å². The normalized spacial score (nSPS) is 11.4. The van der Waals surface area contributed by atoms with Gasteiger partial charge in [0.1, 0.15) is 6.04 Å². The fraction of sp³-hybridized carbons (Fsp3) is 0.333. The van der Waals surface area contributed by atoms with Gasteiger partial charge in [0.2, 0.25) is 0 Å². The standard InChI is InChI=1S/C12H13FN2O2/c1-2-9(7-14)15-12(16)8-17-11-6-4-3-5-10(11)13/h3-6,9H,2,8H2,1H3,(H,15,16)/t9-/m0/s1. The largest absolute Gasteiger partial charge is 0.481 e. The molecule has 0 aliphatic carbocycles. The molecule has 1 N–H and O–H groups in total. The van der Waals surface area contributed by atoms with E-state index >= 15 is 0 Å². The number of amides is 1. The molecule has 0 spiro atoms. The van der Waals surface area contributed by atoms with Gasteiger partial charge in [-0.3, -0.25) is 4.79 Å². The molecular weight excluding hydrogens is 223 g/mol. The van der Waals surface area contributed by atoms with Crippen LogP contribution in [0.2, 0.25) is 0 Å². The third-order valence-corrected chi connectivity index (χ3v) is 2.09. The van der Waals surface area contributed by atoms with Crippen LogP contribution in [0.3, 0.4) is 0 Å². The summed E-state index contributed by atoms with van der Waals surface area (Å²) in [4.78, 5) is 11.3. The average molecular weight is 236 g/mol. The lowest BCUT2D eigenvalue weighted by Gasteiger charge is -2.10. The van der Waals surface area contributed by atoms with Crippen molar-refractivity contribution in [2.24, 2.45) is 0 Å². The molecule has 0 fully saturated rings. The van der Waals surface area contributed by atoms with Crippen LogP contribution in [-0.2, 0) is 4.79 Å². The fourth-order valence-corrected chi connectivity index (χ4v) is 1.17. The van der Waals surface area contributed by atoms with E-state index in [0.717, 1.165) is 0 Å². The molecule has 0 aliphatic heterocycles. The molecule has 0 unspecified atom stereocenters. The topological polar surface area (TPSA) is 62.1 Å². The number of carbonyl (C=O) groups is 1. The van der Waals surface area contributed by atoms with E-state index in [0.29, 0.717) is 6.42 Å². The molecule has 17 heavy (non-hydrogen) atoms. The predicted molar refractivity (Wildman–Crippen MR) is 59.7 cm³/mol. The third kappa shape index (κ3) is 4.11. The number of hydrogen-bond donors (Lipinski definition) is 1. The second kappa shape index (κ2) is 6.48. The van der Waals surface area contributed by atoms with Gasteiger partial charge in [0.15, 0.2) is 18.2 Å². The van der Waals surface area contributed by atoms with Crippen molar-refractivity contribution >= 4 is 5.91 Å². The zero-order chi connectivity index (χ0) is 12.7. The Morgan fingerprint density at radius 3 is 2.88 bits per heavy atom. The maximum Gasteiger partial charge on any atom is 0.258 e. The van der Waals surface area contributed by atoms with Crippen LogP contribution in [0.25, 0.3) is 0 Å². The summed E-state index contributed by atoms with van der Waals surface area (Å²) in [7, 11) is 0. The summed E-state index contributed by atoms with van der Waals surface area (Å²) in [6.07, 6.45) is 0.516. The Morgan fingerprint density at radius 1 is 1.59 bits per heavy atom. The lowest BCUT2D eigenvalue weighted by molar-refractivity contribution is -0.123. The fourth-order valence-electron chi connectivity index (χ4n) is 1.17. The van der Waals surface area contributed by atoms with Crippen molar-refractivity contribution in [2.75, 3.05) is 6.61 Å². The van der Waals surface area contributed by atoms with E-state index in [1.807, 2.05) is 6.07 Å². The molecule has 0 aromatic heterocycles. The van der Waals surface area contributed by atoms with Gasteiger partial charge in [0, 0.05) is 0 Å². The highest BCUT2D eigenvalue weighted by Gasteiger charge is 2.10. The smallest absolute Gasteiger partial charge is 0.258 e. The maximum absolute atomic E-state index is 13.1. The Hall–Kier alpha value is -2.09. The molecule has 0 aliphatic rings. The first-order valence-electron chi connectivity index (χ1n) is 5.23. The summed E-state index contributed by atoms with van der Waals surface area (Å²) in [5.74, 6) is -0.943. The number of nitrogens with zero attached hydrogens (tertiary/aromatic N) is 1. The van der Waals surface area contributed by atoms with Crippen molar-refractivity contribution in [3.8, 4) is 11.8 Å². The van der Waals surface area contributed by atoms with Gasteiger partial charge < -0.3 is 10.1 Å². The molecule has 0 heterocycles. The maximum atomic E-state index is 13.1. The number of nitriles is 1. The van der Waals surface area contributed by atoms with Crippen molar-refractivity contribution in [3.63, 3.8) is 0 Å². The highest BCUT2D eigenvalue weighted by molar-refractivity contribution is 5.78. The number of ether oxygens (including phenoxy) is 1. The van der Waals surface area contributed by atoms with Gasteiger partial charge in [-0.2, -0.15) is 5.26 Å². The van der Waals surface area contributed by atoms with Crippen LogP contribution in [0.5, 0.6) is 5.75 Å². The SMILES string of the molecule is CC[C@@H](C#N)NC(=O)COc1ccccc1F. The molecule has 0 radical (unpaired) electrons. The molecule has 1 aromatic carbocycles. The zero-order valence-corrected chi connectivity index (χ0v) is 9.44. The average Bonchev–Trinajstić information content (AvgIpc) is 2.35. The number of rotatable bonds is 5. The Morgan fingerprint density at radius 2 is 2.29 bits per heavy atom. The lowest BCUT2D eigenvalue weighted by atomic mass is 10.2. The van der Waals surface area contributed by atoms with Gasteiger partial charge in [-0.05, 0) is 18.6 Å². The molecule has 0 bridgehead atoms. The van der Waals surface area contributed by atoms with Crippen molar-refractivity contribution < 1.29 is 13.9 Å². The molecule has 90 valence electrons. The van der Waals surface area contributed by atoms with Crippen LogP contribution >= 0.6 is 0 Å². The van der Waals surface area contributed by atoms with E-state index < -0.39 is 17.8 Å². The number of halogens is 1. The van der Waals surface area contributed by atoms with Crippen LogP contribution in [0.1, 0.15) is 13.3 Å². The summed E-state index contributed by atoms with van der Waals surface area (Å²) >= 11 is 0. The van der Waals surface area contributed by atoms with Crippen LogP contribution in [-0.4, -0.2) is 18.6 Å². The summed E-state index contributed by atoms with van der Waals surface area (Å²) in [5.41, 5.74) is 0. The number of nitrogens with one attached hydrogen (secondary N) is 1. The van der Waals surface area contributed by atoms with Gasteiger partial charge in [-0.1, -0.05) is 19.1 Å². The Kier molecular flexibility index (Phi) is 4.95. The van der Waals surface area contributed by atoms with Crippen molar-refractivity contribution in [2.45, 2.75) is 19.4 Å². The van der Waals surface area contributed by atoms with Gasteiger partial charge in [-0.15, -0.1) is 0 Å². The summed E-state index contributed by atoms with van der Waals surface area (Å²) in [5, 5.41) is 11.1. The minimum absolute atomic E-state index is 0.0210. The number of para-hydroxylation sites is 1. The van der Waals surface area contributed by atoms with E-state index in [2.05, 4.69) is 5.32 Å². The van der Waals surface area contributed by atoms with Crippen molar-refractivity contribution in [1.29, 1.82) is 5.26 Å². The van der Waals surface area contributed by atoms with Crippen LogP contribution < -0.4 is 10.1 Å². The predicted octanol–water partition coefficient (Wildman–Crippen LogP) is 1.62. The lowest BCUT2D eigenvalue weighted by Crippen LogP contribution is -2.36. The van der Waals surface area contributed by atoms with Crippen LogP contribution in [0.4, 0.5) is 4.39 Å². The molecule has 1 atom stereocenters. The van der Waals surface area contributed by atoms with Gasteiger partial charge in [0.05, 0.1) is 6.07 Å². The molecule has 5 heteroatoms. The number of benzene rings is 1. The number of carbonyl (C=O) groups excluding carboxylic acids is 1. The molecule has 0 saturated carbocycles. The highest BCUT2D eigenvalue weighted by atomic mass is 19.1. The molecule has 1 amide bonds. The summed E-state index contributed by atoms with van der Waals surface area (Å²) < 4.78 is 18.1. The summed E-state index contributed by atoms with van der Waals surface area (Å²) in [6.45, 7) is 1.48. The second-order valence-corrected chi connectivity index (χ2v) is 3.38. The second-order valence-electron chi connectivity index (χ2n) is 3.38. The Balaban J connectivity index is 2.44. The van der Waals surface area contributed by atoms with E-state index in [-0.39, 0.29) is 12.4 Å². The van der Waals surface area contributed by atoms with Gasteiger partial charge >= 0.3 is 0 Å². The quantitative estimate of drug-likeness (QED) is 0.845. The minimum atomic E-state index is -0.535. The van der Waals surface area contributed by atoms with Crippen LogP contribution in [0, 0.1) is 17.1 Å². The first-order chi connectivity index (χ1) is 8.17. The zero-order valence-electron chi connectivity index (χ0n) is 9.44. The van der Waals surface area contributed by atoms with E-state index in [1.54, 1.807) is 13.0 Å². The first-order valence-corrected chi connectivity index (χ1v) is 5.23. The first kappa shape index (κ1) is 13.0. The summed E-state index contributed by atoms with van der Waals surface area (Å²) in [6, 6.07) is 7.22. The molecule has 1 rings (SSSR count). The Bertz CT molecular complexity index is 429. The van der Waals surface area contributed by atoms with Gasteiger partial charge in [0.25, 0.3) is 5.91 Å². The molecule has 4 nitrogen and oxygen atoms in total. The minimum Gasteiger partial charge on any atom is -0.481 e. The number of hydrogen-bond acceptors (Lipinski definition) is 3. The highest BCUT2D eigenvalue weighted by Crippen LogP contribution is 2.14. The van der Waals surface area contributed by atoms with E-state index in [1.165, 1.54) is 18.2 Å². The molecular formula is C12H13FN2O2. The molecule has 1 aromatic rings. The third-order valence-electron chi connectivity index (χ3n) is 2.09.